The lowest BCUT2D eigenvalue weighted by atomic mass is 10.1. The average molecular weight is 347 g/mol. The highest BCUT2D eigenvalue weighted by Gasteiger charge is 2.20. The molecule has 2 heterocycles. The van der Waals surface area contributed by atoms with Crippen LogP contribution in [0.15, 0.2) is 22.9 Å². The van der Waals surface area contributed by atoms with E-state index in [-0.39, 0.29) is 17.7 Å². The second-order valence-corrected chi connectivity index (χ2v) is 7.08. The van der Waals surface area contributed by atoms with Crippen molar-refractivity contribution in [2.45, 2.75) is 59.2 Å². The van der Waals surface area contributed by atoms with Crippen molar-refractivity contribution in [1.82, 2.24) is 25.8 Å². The van der Waals surface area contributed by atoms with Gasteiger partial charge in [0.25, 0.3) is 0 Å². The summed E-state index contributed by atoms with van der Waals surface area (Å²) in [6.07, 6.45) is 1.65. The minimum atomic E-state index is -0.420. The number of hydrogen-bond donors (Lipinski definition) is 2. The highest BCUT2D eigenvalue weighted by molar-refractivity contribution is 5.75. The second-order valence-electron chi connectivity index (χ2n) is 7.08. The molecule has 2 rings (SSSR count). The zero-order valence-corrected chi connectivity index (χ0v) is 15.5. The van der Waals surface area contributed by atoms with Gasteiger partial charge in [-0.1, -0.05) is 5.16 Å². The molecule has 2 N–H and O–H groups in total. The molecule has 8 heteroatoms. The van der Waals surface area contributed by atoms with Gasteiger partial charge in [-0.3, -0.25) is 0 Å². The van der Waals surface area contributed by atoms with Gasteiger partial charge in [0.15, 0.2) is 0 Å². The number of aromatic nitrogens is 3. The van der Waals surface area contributed by atoms with Crippen LogP contribution in [0.4, 0.5) is 4.79 Å². The van der Waals surface area contributed by atoms with Gasteiger partial charge in [0.2, 0.25) is 17.6 Å². The largest absolute Gasteiger partial charge is 0.475 e. The summed E-state index contributed by atoms with van der Waals surface area (Å²) >= 11 is 0. The highest BCUT2D eigenvalue weighted by atomic mass is 16.5. The van der Waals surface area contributed by atoms with Crippen molar-refractivity contribution < 1.29 is 14.1 Å². The van der Waals surface area contributed by atoms with Gasteiger partial charge in [0.05, 0.1) is 6.10 Å². The summed E-state index contributed by atoms with van der Waals surface area (Å²) in [7, 11) is 0. The molecule has 0 saturated heterocycles. The van der Waals surface area contributed by atoms with Crippen LogP contribution in [0.2, 0.25) is 0 Å². The summed E-state index contributed by atoms with van der Waals surface area (Å²) in [5, 5.41) is 9.56. The Kier molecular flexibility index (Phi) is 5.61. The third-order valence-corrected chi connectivity index (χ3v) is 3.00. The fourth-order valence-electron chi connectivity index (χ4n) is 2.02. The molecule has 0 unspecified atom stereocenters. The molecule has 1 atom stereocenters. The van der Waals surface area contributed by atoms with Gasteiger partial charge >= 0.3 is 6.03 Å². The molecule has 8 nitrogen and oxygen atoms in total. The maximum absolute atomic E-state index is 11.9. The van der Waals surface area contributed by atoms with E-state index in [2.05, 4.69) is 25.8 Å². The fourth-order valence-corrected chi connectivity index (χ4v) is 2.02. The molecule has 0 spiro atoms. The molecule has 2 amide bonds. The standard InChI is InChI=1S/C17H25N5O3/c1-10(2)24-13-9-12(7-8-18-13)14-20-15(25-22-14)11(3)19-16(23)21-17(4,5)6/h7-11H,1-6H3,(H2,19,21,23)/t11-/m0/s1. The number of carbonyl (C=O) groups is 1. The molecule has 136 valence electrons. The number of amides is 2. The second kappa shape index (κ2) is 7.50. The Hall–Kier alpha value is -2.64. The fraction of sp³-hybridized carbons (Fsp3) is 0.529. The quantitative estimate of drug-likeness (QED) is 0.862. The van der Waals surface area contributed by atoms with Crippen molar-refractivity contribution in [2.75, 3.05) is 0 Å². The molecule has 25 heavy (non-hydrogen) atoms. The predicted molar refractivity (Wildman–Crippen MR) is 93.1 cm³/mol. The van der Waals surface area contributed by atoms with Gasteiger partial charge in [-0.25, -0.2) is 9.78 Å². The molecule has 0 bridgehead atoms. The van der Waals surface area contributed by atoms with E-state index in [1.165, 1.54) is 0 Å². The zero-order valence-electron chi connectivity index (χ0n) is 15.5. The van der Waals surface area contributed by atoms with Crippen molar-refractivity contribution in [3.05, 3.63) is 24.2 Å². The number of nitrogens with one attached hydrogen (secondary N) is 2. The molecule has 0 aliphatic heterocycles. The van der Waals surface area contributed by atoms with Crippen molar-refractivity contribution >= 4 is 6.03 Å². The van der Waals surface area contributed by atoms with Gasteiger partial charge < -0.3 is 19.9 Å². The van der Waals surface area contributed by atoms with Gasteiger partial charge in [-0.2, -0.15) is 4.98 Å². The molecular formula is C17H25N5O3. The van der Waals surface area contributed by atoms with Crippen LogP contribution >= 0.6 is 0 Å². The molecular weight excluding hydrogens is 322 g/mol. The molecule has 0 aliphatic rings. The molecule has 0 fully saturated rings. The zero-order chi connectivity index (χ0) is 18.6. The maximum atomic E-state index is 11.9. The van der Waals surface area contributed by atoms with Gasteiger partial charge in [-0.15, -0.1) is 0 Å². The SMILES string of the molecule is CC(C)Oc1cc(-c2noc([C@H](C)NC(=O)NC(C)(C)C)n2)ccn1. The van der Waals surface area contributed by atoms with E-state index < -0.39 is 6.04 Å². The molecule has 2 aromatic rings. The molecule has 0 aliphatic carbocycles. The number of ether oxygens (including phenoxy) is 1. The molecule has 0 saturated carbocycles. The van der Waals surface area contributed by atoms with Crippen LogP contribution < -0.4 is 15.4 Å². The van der Waals surface area contributed by atoms with Crippen LogP contribution in [-0.2, 0) is 0 Å². The molecule has 0 radical (unpaired) electrons. The van der Waals surface area contributed by atoms with Crippen molar-refractivity contribution in [3.8, 4) is 17.3 Å². The Labute approximate surface area is 147 Å². The first kappa shape index (κ1) is 18.7. The Morgan fingerprint density at radius 2 is 2.00 bits per heavy atom. The number of nitrogens with zero attached hydrogens (tertiary/aromatic N) is 3. The Balaban J connectivity index is 2.08. The molecule has 0 aromatic carbocycles. The van der Waals surface area contributed by atoms with Gasteiger partial charge in [-0.05, 0) is 47.6 Å². The van der Waals surface area contributed by atoms with Crippen LogP contribution in [0.3, 0.4) is 0 Å². The first-order valence-electron chi connectivity index (χ1n) is 8.19. The number of carbonyl (C=O) groups excluding carboxylic acids is 1. The highest BCUT2D eigenvalue weighted by Crippen LogP contribution is 2.21. The summed E-state index contributed by atoms with van der Waals surface area (Å²) in [5.41, 5.74) is 0.403. The number of rotatable bonds is 5. The number of hydrogen-bond acceptors (Lipinski definition) is 6. The van der Waals surface area contributed by atoms with Gasteiger partial charge in [0, 0.05) is 23.4 Å². The van der Waals surface area contributed by atoms with E-state index >= 15 is 0 Å². The van der Waals surface area contributed by atoms with Crippen LogP contribution in [0.5, 0.6) is 5.88 Å². The lowest BCUT2D eigenvalue weighted by molar-refractivity contribution is 0.225. The lowest BCUT2D eigenvalue weighted by Gasteiger charge is -2.21. The number of pyridine rings is 1. The van der Waals surface area contributed by atoms with Crippen molar-refractivity contribution in [3.63, 3.8) is 0 Å². The first-order chi connectivity index (χ1) is 11.6. The average Bonchev–Trinajstić information content (AvgIpc) is 2.94. The number of urea groups is 1. The van der Waals surface area contributed by atoms with Crippen LogP contribution in [0.25, 0.3) is 11.4 Å². The van der Waals surface area contributed by atoms with Crippen molar-refractivity contribution in [1.29, 1.82) is 0 Å². The first-order valence-corrected chi connectivity index (χ1v) is 8.19. The van der Waals surface area contributed by atoms with Gasteiger partial charge in [0.1, 0.15) is 6.04 Å². The summed E-state index contributed by atoms with van der Waals surface area (Å²) < 4.78 is 10.8. The summed E-state index contributed by atoms with van der Waals surface area (Å²) in [6.45, 7) is 11.3. The summed E-state index contributed by atoms with van der Waals surface area (Å²) in [6, 6.07) is 2.80. The van der Waals surface area contributed by atoms with E-state index in [4.69, 9.17) is 9.26 Å². The normalized spacial score (nSPS) is 12.8. The third kappa shape index (κ3) is 5.74. The molecule has 2 aromatic heterocycles. The van der Waals surface area contributed by atoms with Crippen LogP contribution in [0.1, 0.15) is 53.5 Å². The van der Waals surface area contributed by atoms with E-state index in [1.54, 1.807) is 25.3 Å². The van der Waals surface area contributed by atoms with Crippen LogP contribution in [-0.4, -0.2) is 32.8 Å². The van der Waals surface area contributed by atoms with Crippen LogP contribution in [0, 0.1) is 0 Å². The Morgan fingerprint density at radius 3 is 2.64 bits per heavy atom. The smallest absolute Gasteiger partial charge is 0.315 e. The third-order valence-electron chi connectivity index (χ3n) is 3.00. The maximum Gasteiger partial charge on any atom is 0.315 e. The Morgan fingerprint density at radius 1 is 1.28 bits per heavy atom. The summed E-state index contributed by atoms with van der Waals surface area (Å²) in [5.74, 6) is 1.23. The van der Waals surface area contributed by atoms with E-state index in [0.717, 1.165) is 5.56 Å². The predicted octanol–water partition coefficient (Wildman–Crippen LogP) is 3.08. The summed E-state index contributed by atoms with van der Waals surface area (Å²) in [4.78, 5) is 20.4. The van der Waals surface area contributed by atoms with E-state index in [1.807, 2.05) is 34.6 Å². The topological polar surface area (TPSA) is 102 Å². The Bertz CT molecular complexity index is 721. The van der Waals surface area contributed by atoms with E-state index in [0.29, 0.717) is 17.6 Å². The monoisotopic (exact) mass is 347 g/mol. The van der Waals surface area contributed by atoms with E-state index in [9.17, 15) is 4.79 Å². The minimum Gasteiger partial charge on any atom is -0.475 e. The minimum absolute atomic E-state index is 0.0223. The van der Waals surface area contributed by atoms with Crippen molar-refractivity contribution in [2.24, 2.45) is 0 Å². The lowest BCUT2D eigenvalue weighted by Crippen LogP contribution is -2.47.